The van der Waals surface area contributed by atoms with E-state index in [1.54, 1.807) is 32.4 Å². The van der Waals surface area contributed by atoms with Gasteiger partial charge in [-0.25, -0.2) is 0 Å². The number of carbonyl (C=O) groups is 1. The minimum absolute atomic E-state index is 0.0142. The standard InChI is InChI=1S/C20H34N4O3/c1-7-21-19(24-14-17(27-6)20(2,3)4)23-12-11-22-18(25)15-9-8-10-16(13-15)26-5/h8-10,13,17H,7,11-12,14H2,1-6H3,(H,22,25)(H2,21,23,24). The average molecular weight is 379 g/mol. The predicted octanol–water partition coefficient (Wildman–Crippen LogP) is 2.04. The highest BCUT2D eigenvalue weighted by Gasteiger charge is 2.24. The lowest BCUT2D eigenvalue weighted by atomic mass is 9.89. The molecule has 1 atom stereocenters. The predicted molar refractivity (Wildman–Crippen MR) is 110 cm³/mol. The number of ether oxygens (including phenoxy) is 2. The summed E-state index contributed by atoms with van der Waals surface area (Å²) in [6.07, 6.45) is 0.0284. The highest BCUT2D eigenvalue weighted by Crippen LogP contribution is 2.21. The van der Waals surface area contributed by atoms with E-state index in [1.807, 2.05) is 13.0 Å². The highest BCUT2D eigenvalue weighted by molar-refractivity contribution is 5.94. The highest BCUT2D eigenvalue weighted by atomic mass is 16.5. The largest absolute Gasteiger partial charge is 0.497 e. The van der Waals surface area contributed by atoms with Gasteiger partial charge in [-0.1, -0.05) is 26.8 Å². The van der Waals surface area contributed by atoms with Crippen LogP contribution in [0.3, 0.4) is 0 Å². The van der Waals surface area contributed by atoms with Crippen molar-refractivity contribution in [3.8, 4) is 5.75 Å². The van der Waals surface area contributed by atoms with Crippen LogP contribution in [0, 0.1) is 5.41 Å². The van der Waals surface area contributed by atoms with E-state index in [-0.39, 0.29) is 17.4 Å². The van der Waals surface area contributed by atoms with Crippen LogP contribution in [-0.2, 0) is 4.74 Å². The van der Waals surface area contributed by atoms with E-state index in [2.05, 4.69) is 41.7 Å². The fraction of sp³-hybridized carbons (Fsp3) is 0.600. The molecule has 0 bridgehead atoms. The van der Waals surface area contributed by atoms with Gasteiger partial charge in [-0.2, -0.15) is 0 Å². The van der Waals surface area contributed by atoms with E-state index in [0.717, 1.165) is 6.54 Å². The molecule has 1 aromatic rings. The zero-order valence-electron chi connectivity index (χ0n) is 17.4. The van der Waals surface area contributed by atoms with E-state index in [0.29, 0.717) is 36.9 Å². The number of benzene rings is 1. The van der Waals surface area contributed by atoms with Gasteiger partial charge in [-0.3, -0.25) is 9.79 Å². The molecule has 0 spiro atoms. The molecule has 7 heteroatoms. The zero-order chi connectivity index (χ0) is 20.3. The van der Waals surface area contributed by atoms with Crippen molar-refractivity contribution in [2.45, 2.75) is 33.8 Å². The Morgan fingerprint density at radius 3 is 2.44 bits per heavy atom. The van der Waals surface area contributed by atoms with Crippen molar-refractivity contribution in [3.05, 3.63) is 29.8 Å². The summed E-state index contributed by atoms with van der Waals surface area (Å²) in [5.74, 6) is 1.23. The third-order valence-corrected chi connectivity index (χ3v) is 4.04. The lowest BCUT2D eigenvalue weighted by Crippen LogP contribution is -2.42. The second-order valence-electron chi connectivity index (χ2n) is 7.22. The van der Waals surface area contributed by atoms with Crippen LogP contribution >= 0.6 is 0 Å². The van der Waals surface area contributed by atoms with Gasteiger partial charge in [0.05, 0.1) is 19.8 Å². The Labute approximate surface area is 162 Å². The number of amides is 1. The first-order valence-corrected chi connectivity index (χ1v) is 9.29. The number of guanidine groups is 1. The lowest BCUT2D eigenvalue weighted by Gasteiger charge is -2.28. The number of carbonyl (C=O) groups excluding carboxylic acids is 1. The molecule has 1 unspecified atom stereocenters. The fourth-order valence-electron chi connectivity index (χ4n) is 2.44. The SMILES string of the molecule is CCNC(=NCC(OC)C(C)(C)C)NCCNC(=O)c1cccc(OC)c1. The summed E-state index contributed by atoms with van der Waals surface area (Å²) < 4.78 is 10.7. The molecule has 0 aliphatic heterocycles. The summed E-state index contributed by atoms with van der Waals surface area (Å²) in [7, 11) is 3.29. The summed E-state index contributed by atoms with van der Waals surface area (Å²) in [6.45, 7) is 10.8. The van der Waals surface area contributed by atoms with Crippen LogP contribution in [0.5, 0.6) is 5.75 Å². The molecule has 0 heterocycles. The quantitative estimate of drug-likeness (QED) is 0.348. The maximum atomic E-state index is 12.2. The van der Waals surface area contributed by atoms with E-state index in [9.17, 15) is 4.79 Å². The summed E-state index contributed by atoms with van der Waals surface area (Å²) in [6, 6.07) is 7.08. The Morgan fingerprint density at radius 2 is 1.85 bits per heavy atom. The van der Waals surface area contributed by atoms with Crippen molar-refractivity contribution in [2.75, 3.05) is 40.4 Å². The third kappa shape index (κ3) is 8.30. The van der Waals surface area contributed by atoms with E-state index >= 15 is 0 Å². The van der Waals surface area contributed by atoms with Crippen LogP contribution in [0.25, 0.3) is 0 Å². The van der Waals surface area contributed by atoms with Crippen molar-refractivity contribution in [3.63, 3.8) is 0 Å². The Bertz CT molecular complexity index is 611. The second kappa shape index (κ2) is 11.4. The molecule has 1 aromatic carbocycles. The average Bonchev–Trinajstić information content (AvgIpc) is 2.64. The molecule has 0 radical (unpaired) electrons. The van der Waals surface area contributed by atoms with Crippen LogP contribution < -0.4 is 20.7 Å². The molecule has 0 saturated carbocycles. The number of hydrogen-bond acceptors (Lipinski definition) is 4. The molecule has 27 heavy (non-hydrogen) atoms. The molecule has 7 nitrogen and oxygen atoms in total. The van der Waals surface area contributed by atoms with Crippen LogP contribution in [0.2, 0.25) is 0 Å². The third-order valence-electron chi connectivity index (χ3n) is 4.04. The van der Waals surface area contributed by atoms with Gasteiger partial charge >= 0.3 is 0 Å². The Kier molecular flexibility index (Phi) is 9.64. The number of nitrogens with zero attached hydrogens (tertiary/aromatic N) is 1. The minimum atomic E-state index is -0.134. The molecule has 1 rings (SSSR count). The Balaban J connectivity index is 2.50. The first-order chi connectivity index (χ1) is 12.8. The van der Waals surface area contributed by atoms with E-state index in [4.69, 9.17) is 9.47 Å². The lowest BCUT2D eigenvalue weighted by molar-refractivity contribution is 0.0241. The van der Waals surface area contributed by atoms with Crippen LogP contribution in [0.4, 0.5) is 0 Å². The monoisotopic (exact) mass is 378 g/mol. The van der Waals surface area contributed by atoms with Crippen molar-refractivity contribution in [2.24, 2.45) is 10.4 Å². The van der Waals surface area contributed by atoms with Crippen molar-refractivity contribution >= 4 is 11.9 Å². The van der Waals surface area contributed by atoms with Gasteiger partial charge in [-0.05, 0) is 30.5 Å². The minimum Gasteiger partial charge on any atom is -0.497 e. The molecular weight excluding hydrogens is 344 g/mol. The maximum absolute atomic E-state index is 12.2. The molecule has 0 aliphatic carbocycles. The Hall–Kier alpha value is -2.28. The van der Waals surface area contributed by atoms with Crippen LogP contribution in [0.15, 0.2) is 29.3 Å². The Morgan fingerprint density at radius 1 is 1.15 bits per heavy atom. The van der Waals surface area contributed by atoms with Gasteiger partial charge in [0, 0.05) is 32.3 Å². The van der Waals surface area contributed by atoms with E-state index in [1.165, 1.54) is 0 Å². The summed E-state index contributed by atoms with van der Waals surface area (Å²) >= 11 is 0. The van der Waals surface area contributed by atoms with Crippen molar-refractivity contribution < 1.29 is 14.3 Å². The molecule has 0 fully saturated rings. The summed E-state index contributed by atoms with van der Waals surface area (Å²) in [5, 5.41) is 9.31. The normalized spacial score (nSPS) is 13.0. The molecular formula is C20H34N4O3. The second-order valence-corrected chi connectivity index (χ2v) is 7.22. The molecule has 0 aliphatic rings. The van der Waals surface area contributed by atoms with Crippen LogP contribution in [-0.4, -0.2) is 58.4 Å². The van der Waals surface area contributed by atoms with E-state index < -0.39 is 0 Å². The first-order valence-electron chi connectivity index (χ1n) is 9.29. The fourth-order valence-corrected chi connectivity index (χ4v) is 2.44. The van der Waals surface area contributed by atoms with Gasteiger partial charge in [0.15, 0.2) is 5.96 Å². The van der Waals surface area contributed by atoms with Crippen LogP contribution in [0.1, 0.15) is 38.1 Å². The number of aliphatic imine (C=N–C) groups is 1. The zero-order valence-corrected chi connectivity index (χ0v) is 17.4. The molecule has 0 saturated heterocycles. The molecule has 1 amide bonds. The molecule has 3 N–H and O–H groups in total. The number of rotatable bonds is 9. The summed E-state index contributed by atoms with van der Waals surface area (Å²) in [5.41, 5.74) is 0.586. The van der Waals surface area contributed by atoms with Crippen molar-refractivity contribution in [1.29, 1.82) is 0 Å². The number of methoxy groups -OCH3 is 2. The van der Waals surface area contributed by atoms with Gasteiger partial charge in [0.25, 0.3) is 5.91 Å². The molecule has 152 valence electrons. The van der Waals surface area contributed by atoms with Crippen molar-refractivity contribution in [1.82, 2.24) is 16.0 Å². The smallest absolute Gasteiger partial charge is 0.251 e. The maximum Gasteiger partial charge on any atom is 0.251 e. The topological polar surface area (TPSA) is 84.0 Å². The van der Waals surface area contributed by atoms with Gasteiger partial charge < -0.3 is 25.4 Å². The first kappa shape index (κ1) is 22.8. The van der Waals surface area contributed by atoms with Gasteiger partial charge in [-0.15, -0.1) is 0 Å². The summed E-state index contributed by atoms with van der Waals surface area (Å²) in [4.78, 5) is 16.8. The van der Waals surface area contributed by atoms with Gasteiger partial charge in [0.2, 0.25) is 0 Å². The van der Waals surface area contributed by atoms with Gasteiger partial charge in [0.1, 0.15) is 5.75 Å². The molecule has 0 aromatic heterocycles. The number of hydrogen-bond donors (Lipinski definition) is 3. The number of nitrogens with one attached hydrogen (secondary N) is 3.